The van der Waals surface area contributed by atoms with Crippen LogP contribution in [0.15, 0.2) is 156 Å². The van der Waals surface area contributed by atoms with Gasteiger partial charge >= 0.3 is 0 Å². The number of H-pyrrole nitrogens is 2. The molecular weight excluding hydrogens is 877 g/mol. The maximum atomic E-state index is 9.16. The fraction of sp³-hybridized carbons (Fsp3) is 0.182. The molecule has 0 unspecified atom stereocenters. The van der Waals surface area contributed by atoms with Gasteiger partial charge in [-0.2, -0.15) is 10.5 Å². The molecule has 0 spiro atoms. The van der Waals surface area contributed by atoms with E-state index in [1.807, 2.05) is 18.2 Å². The van der Waals surface area contributed by atoms with E-state index in [9.17, 15) is 0 Å². The number of aromatic amines is 2. The largest absolute Gasteiger partial charge is 0.354 e. The maximum absolute atomic E-state index is 9.16. The number of rotatable bonds is 10. The lowest BCUT2D eigenvalue weighted by atomic mass is 9.97. The fourth-order valence-corrected chi connectivity index (χ4v) is 9.23. The summed E-state index contributed by atoms with van der Waals surface area (Å²) in [6.07, 6.45) is 13.3. The number of nitriles is 2. The second-order valence-electron chi connectivity index (χ2n) is 19.5. The van der Waals surface area contributed by atoms with Crippen molar-refractivity contribution in [1.29, 1.82) is 10.5 Å². The number of hydrogen-bond acceptors (Lipinski definition) is 4. The van der Waals surface area contributed by atoms with Crippen molar-refractivity contribution in [2.24, 2.45) is 0 Å². The Morgan fingerprint density at radius 2 is 0.806 bits per heavy atom. The SMILES string of the molecule is CC(C)c1ccc(-c2c3nc(c(-c4ccc(C(C)C)cc4)c4cc(C=C=C=C=C=CC=C(C#N)C#N)c([nH]4)c(-c4ccc(C(C)C)cc4)c4nc(c(-c5ccc(C(C)C)cc5)c5ccc2[nH]5)C=C4)C=C3)cc1. The van der Waals surface area contributed by atoms with Gasteiger partial charge in [0.2, 0.25) is 0 Å². The minimum Gasteiger partial charge on any atom is -0.354 e. The van der Waals surface area contributed by atoms with Crippen LogP contribution in [0.5, 0.6) is 0 Å². The quantitative estimate of drug-likeness (QED) is 0.0809. The molecule has 7 aromatic rings. The lowest BCUT2D eigenvalue weighted by Gasteiger charge is -2.10. The van der Waals surface area contributed by atoms with Gasteiger partial charge in [0.1, 0.15) is 17.7 Å². The number of hydrogen-bond donors (Lipinski definition) is 2. The molecule has 0 saturated carbocycles. The lowest BCUT2D eigenvalue weighted by molar-refractivity contribution is 0.867. The summed E-state index contributed by atoms with van der Waals surface area (Å²) in [6.45, 7) is 17.7. The van der Waals surface area contributed by atoms with Crippen LogP contribution < -0.4 is 0 Å². The van der Waals surface area contributed by atoms with E-state index in [4.69, 9.17) is 20.5 Å². The number of fused-ring (bicyclic) bond motifs is 8. The highest BCUT2D eigenvalue weighted by atomic mass is 14.8. The molecule has 6 nitrogen and oxygen atoms in total. The van der Waals surface area contributed by atoms with Crippen molar-refractivity contribution in [3.05, 3.63) is 207 Å². The molecule has 5 heterocycles. The predicted molar refractivity (Wildman–Crippen MR) is 299 cm³/mol. The van der Waals surface area contributed by atoms with Gasteiger partial charge in [-0.1, -0.05) is 164 Å². The summed E-state index contributed by atoms with van der Waals surface area (Å²) in [7, 11) is 0. The molecule has 0 radical (unpaired) electrons. The molecule has 2 aliphatic heterocycles. The predicted octanol–water partition coefficient (Wildman–Crippen LogP) is 17.4. The molecule has 2 N–H and O–H groups in total. The van der Waals surface area contributed by atoms with Crippen LogP contribution in [-0.4, -0.2) is 19.9 Å². The normalized spacial score (nSPS) is 11.5. The van der Waals surface area contributed by atoms with Crippen LogP contribution in [0, 0.1) is 22.7 Å². The zero-order chi connectivity index (χ0) is 50.5. The Labute approximate surface area is 423 Å². The molecule has 4 aromatic carbocycles. The van der Waals surface area contributed by atoms with Crippen molar-refractivity contribution >= 4 is 52.4 Å². The molecule has 0 aliphatic carbocycles. The van der Waals surface area contributed by atoms with Crippen LogP contribution in [0.25, 0.3) is 97.0 Å². The zero-order valence-corrected chi connectivity index (χ0v) is 42.1. The average molecular weight is 933 g/mol. The van der Waals surface area contributed by atoms with Crippen LogP contribution in [-0.2, 0) is 0 Å². The first-order chi connectivity index (χ1) is 34.9. The minimum absolute atomic E-state index is 0.0261. The number of allylic oxidation sites excluding steroid dienone is 3. The van der Waals surface area contributed by atoms with Crippen molar-refractivity contribution in [3.8, 4) is 56.6 Å². The Morgan fingerprint density at radius 3 is 1.19 bits per heavy atom. The highest BCUT2D eigenvalue weighted by Gasteiger charge is 2.21. The molecule has 72 heavy (non-hydrogen) atoms. The highest BCUT2D eigenvalue weighted by Crippen LogP contribution is 2.40. The number of aromatic nitrogens is 4. The third kappa shape index (κ3) is 10.0. The summed E-state index contributed by atoms with van der Waals surface area (Å²) in [5.74, 6) is 1.49. The third-order valence-electron chi connectivity index (χ3n) is 13.4. The molecule has 2 aliphatic rings. The molecule has 0 amide bonds. The van der Waals surface area contributed by atoms with Crippen molar-refractivity contribution < 1.29 is 0 Å². The van der Waals surface area contributed by atoms with Crippen LogP contribution >= 0.6 is 0 Å². The van der Waals surface area contributed by atoms with Gasteiger partial charge in [0.15, 0.2) is 0 Å². The summed E-state index contributed by atoms with van der Waals surface area (Å²) in [4.78, 5) is 19.0. The van der Waals surface area contributed by atoms with Crippen molar-refractivity contribution in [3.63, 3.8) is 0 Å². The van der Waals surface area contributed by atoms with Gasteiger partial charge in [-0.25, -0.2) is 9.97 Å². The molecular formula is C66H56N6. The van der Waals surface area contributed by atoms with Crippen molar-refractivity contribution in [2.45, 2.75) is 79.1 Å². The van der Waals surface area contributed by atoms with Crippen LogP contribution in [0.4, 0.5) is 0 Å². The van der Waals surface area contributed by atoms with Crippen molar-refractivity contribution in [2.75, 3.05) is 0 Å². The van der Waals surface area contributed by atoms with Gasteiger partial charge in [-0.15, -0.1) is 0 Å². The standard InChI is InChI=1S/C66H56N6/c1-41(2)46-16-24-50(25-17-46)62-55-32-33-56(69-55)63(51-26-18-47(19-27-51)42(3)4)58-36-37-60(71-58)65(53-30-22-49(23-31-53)44(7)8)66-54(15-13-11-9-10-12-14-45(39-67)40-68)38-61(72-66)64(59-35-34-57(62)70-59)52-28-20-48(21-29-52)43(5)6/h12,14-38,41-44,69,72H,1-8H3. The summed E-state index contributed by atoms with van der Waals surface area (Å²) in [5, 5.41) is 18.3. The van der Waals surface area contributed by atoms with E-state index in [-0.39, 0.29) is 5.57 Å². The Kier molecular flexibility index (Phi) is 14.0. The number of nitrogens with zero attached hydrogens (tertiary/aromatic N) is 4. The van der Waals surface area contributed by atoms with Gasteiger partial charge in [-0.05, 0) is 140 Å². The summed E-state index contributed by atoms with van der Waals surface area (Å²) < 4.78 is 0. The minimum atomic E-state index is -0.0261. The third-order valence-corrected chi connectivity index (χ3v) is 13.4. The number of benzene rings is 4. The topological polar surface area (TPSA) is 105 Å². The van der Waals surface area contributed by atoms with E-state index in [0.29, 0.717) is 23.7 Å². The maximum Gasteiger partial charge on any atom is 0.130 e. The van der Waals surface area contributed by atoms with E-state index in [1.165, 1.54) is 34.4 Å². The Hall–Kier alpha value is -8.94. The first-order valence-electron chi connectivity index (χ1n) is 24.7. The molecule has 0 atom stereocenters. The second-order valence-corrected chi connectivity index (χ2v) is 19.5. The van der Waals surface area contributed by atoms with Gasteiger partial charge < -0.3 is 9.97 Å². The molecule has 6 heteroatoms. The fourth-order valence-electron chi connectivity index (χ4n) is 9.23. The van der Waals surface area contributed by atoms with Gasteiger partial charge in [0.05, 0.1) is 28.3 Å². The Balaban J connectivity index is 1.47. The van der Waals surface area contributed by atoms with E-state index in [0.717, 1.165) is 94.9 Å². The first-order valence-corrected chi connectivity index (χ1v) is 24.7. The molecule has 350 valence electrons. The summed E-state index contributed by atoms with van der Waals surface area (Å²) in [5.41, 5.74) is 32.6. The van der Waals surface area contributed by atoms with Gasteiger partial charge in [0, 0.05) is 44.4 Å². The van der Waals surface area contributed by atoms with Crippen molar-refractivity contribution in [1.82, 2.24) is 19.9 Å². The van der Waals surface area contributed by atoms with Gasteiger partial charge in [0.25, 0.3) is 0 Å². The lowest BCUT2D eigenvalue weighted by Crippen LogP contribution is -1.92. The van der Waals surface area contributed by atoms with E-state index in [1.54, 1.807) is 0 Å². The summed E-state index contributed by atoms with van der Waals surface area (Å²) in [6, 6.07) is 45.6. The summed E-state index contributed by atoms with van der Waals surface area (Å²) >= 11 is 0. The molecule has 8 bridgehead atoms. The molecule has 9 rings (SSSR count). The van der Waals surface area contributed by atoms with Crippen LogP contribution in [0.2, 0.25) is 0 Å². The Bertz CT molecular complexity index is 3750. The average Bonchev–Trinajstić information content (AvgIpc) is 4.23. The monoisotopic (exact) mass is 932 g/mol. The van der Waals surface area contributed by atoms with E-state index >= 15 is 0 Å². The van der Waals surface area contributed by atoms with Crippen LogP contribution in [0.3, 0.4) is 0 Å². The molecule has 0 fully saturated rings. The smallest absolute Gasteiger partial charge is 0.130 e. The van der Waals surface area contributed by atoms with Crippen LogP contribution in [0.1, 0.15) is 130 Å². The zero-order valence-electron chi connectivity index (χ0n) is 42.1. The molecule has 0 saturated heterocycles. The Morgan fingerprint density at radius 1 is 0.444 bits per heavy atom. The first kappa shape index (κ1) is 48.1. The van der Waals surface area contributed by atoms with E-state index < -0.39 is 0 Å². The molecule has 3 aromatic heterocycles. The highest BCUT2D eigenvalue weighted by molar-refractivity contribution is 6.02. The number of nitrogens with one attached hydrogen (secondary N) is 2. The van der Waals surface area contributed by atoms with Gasteiger partial charge in [-0.3, -0.25) is 0 Å². The van der Waals surface area contributed by atoms with E-state index in [2.05, 4.69) is 228 Å². The second kappa shape index (κ2) is 21.0.